The molecule has 1 heterocycles. The number of amides is 1. The summed E-state index contributed by atoms with van der Waals surface area (Å²) in [4.78, 5) is 32.4. The molecule has 0 N–H and O–H groups in total. The number of fused-ring (bicyclic) bond motifs is 1. The zero-order valence-corrected chi connectivity index (χ0v) is 19.4. The van der Waals surface area contributed by atoms with Gasteiger partial charge in [0, 0.05) is 12.2 Å². The molecule has 1 aromatic heterocycles. The number of rotatable bonds is 9. The molecule has 170 valence electrons. The van der Waals surface area contributed by atoms with Crippen LogP contribution in [0.3, 0.4) is 0 Å². The van der Waals surface area contributed by atoms with Crippen molar-refractivity contribution in [3.8, 4) is 6.07 Å². The smallest absolute Gasteiger partial charge is 0.262 e. The van der Waals surface area contributed by atoms with E-state index < -0.39 is 0 Å². The molecule has 0 unspecified atom stereocenters. The summed E-state index contributed by atoms with van der Waals surface area (Å²) >= 11 is 1.23. The maximum atomic E-state index is 13.3. The summed E-state index contributed by atoms with van der Waals surface area (Å²) in [5.74, 6) is -0.143. The van der Waals surface area contributed by atoms with Crippen molar-refractivity contribution < 1.29 is 4.79 Å². The number of aromatic nitrogens is 2. The fraction of sp³-hybridized carbons (Fsp3) is 0.185. The third kappa shape index (κ3) is 5.53. The Balaban J connectivity index is 1.56. The third-order valence-electron chi connectivity index (χ3n) is 5.44. The number of hydrogen-bond acceptors (Lipinski definition) is 5. The fourth-order valence-corrected chi connectivity index (χ4v) is 4.65. The lowest BCUT2D eigenvalue weighted by molar-refractivity contribution is -0.116. The number of para-hydroxylation sites is 2. The molecule has 0 aliphatic carbocycles. The number of nitriles is 1. The molecule has 4 rings (SSSR count). The molecule has 0 spiro atoms. The fourth-order valence-electron chi connectivity index (χ4n) is 3.75. The average Bonchev–Trinajstić information content (AvgIpc) is 2.88. The molecule has 0 radical (unpaired) electrons. The number of carbonyl (C=O) groups is 1. The summed E-state index contributed by atoms with van der Waals surface area (Å²) in [6.07, 6.45) is 1.61. The standard InChI is InChI=1S/C27H24N4O2S/c28-17-19-30(22-13-5-2-6-14-22)25(32)20-34-27-29-24-16-8-7-15-23(24)26(33)31(27)18-9-12-21-10-3-1-4-11-21/h1-8,10-11,13-16H,9,12,18-20H2. The molecular weight excluding hydrogens is 444 g/mol. The topological polar surface area (TPSA) is 79.0 Å². The number of benzene rings is 3. The van der Waals surface area contributed by atoms with Gasteiger partial charge in [-0.1, -0.05) is 72.4 Å². The molecule has 0 bridgehead atoms. The Morgan fingerprint density at radius 3 is 2.38 bits per heavy atom. The third-order valence-corrected chi connectivity index (χ3v) is 6.40. The van der Waals surface area contributed by atoms with E-state index in [1.807, 2.05) is 54.6 Å². The largest absolute Gasteiger partial charge is 0.298 e. The molecule has 7 heteroatoms. The quantitative estimate of drug-likeness (QED) is 0.202. The molecule has 0 fully saturated rings. The first-order chi connectivity index (χ1) is 16.7. The molecule has 0 aliphatic rings. The Hall–Kier alpha value is -3.89. The van der Waals surface area contributed by atoms with Gasteiger partial charge in [0.25, 0.3) is 5.56 Å². The van der Waals surface area contributed by atoms with Crippen molar-refractivity contribution in [3.63, 3.8) is 0 Å². The number of anilines is 1. The Kier molecular flexibility index (Phi) is 7.74. The maximum absolute atomic E-state index is 13.3. The lowest BCUT2D eigenvalue weighted by atomic mass is 10.1. The van der Waals surface area contributed by atoms with Crippen molar-refractivity contribution in [1.29, 1.82) is 5.26 Å². The summed E-state index contributed by atoms with van der Waals surface area (Å²) < 4.78 is 1.67. The second-order valence-corrected chi connectivity index (χ2v) is 8.66. The maximum Gasteiger partial charge on any atom is 0.262 e. The molecule has 0 aliphatic heterocycles. The highest BCUT2D eigenvalue weighted by Gasteiger charge is 2.18. The van der Waals surface area contributed by atoms with Crippen LogP contribution in [0.15, 0.2) is 94.9 Å². The zero-order valence-electron chi connectivity index (χ0n) is 18.6. The van der Waals surface area contributed by atoms with Crippen LogP contribution < -0.4 is 10.5 Å². The number of nitrogens with zero attached hydrogens (tertiary/aromatic N) is 4. The van der Waals surface area contributed by atoms with E-state index >= 15 is 0 Å². The van der Waals surface area contributed by atoms with Crippen molar-refractivity contribution in [1.82, 2.24) is 9.55 Å². The van der Waals surface area contributed by atoms with E-state index in [0.717, 1.165) is 12.8 Å². The van der Waals surface area contributed by atoms with Crippen molar-refractivity contribution >= 4 is 34.3 Å². The van der Waals surface area contributed by atoms with Crippen LogP contribution in [0.2, 0.25) is 0 Å². The second kappa shape index (κ2) is 11.3. The lowest BCUT2D eigenvalue weighted by Gasteiger charge is -2.20. The first-order valence-corrected chi connectivity index (χ1v) is 12.0. The van der Waals surface area contributed by atoms with Gasteiger partial charge >= 0.3 is 0 Å². The molecule has 0 saturated heterocycles. The Morgan fingerprint density at radius 2 is 1.65 bits per heavy atom. The summed E-state index contributed by atoms with van der Waals surface area (Å²) in [5, 5.41) is 10.3. The van der Waals surface area contributed by atoms with E-state index in [1.165, 1.54) is 22.2 Å². The molecule has 34 heavy (non-hydrogen) atoms. The summed E-state index contributed by atoms with van der Waals surface area (Å²) in [7, 11) is 0. The Labute approximate surface area is 202 Å². The number of carbonyl (C=O) groups excluding carboxylic acids is 1. The Morgan fingerprint density at radius 1 is 0.971 bits per heavy atom. The van der Waals surface area contributed by atoms with Crippen molar-refractivity contribution in [2.45, 2.75) is 24.5 Å². The molecule has 4 aromatic rings. The van der Waals surface area contributed by atoms with Crippen molar-refractivity contribution in [3.05, 3.63) is 101 Å². The van der Waals surface area contributed by atoms with Crippen LogP contribution in [0, 0.1) is 11.3 Å². The first kappa shape index (κ1) is 23.3. The monoisotopic (exact) mass is 468 g/mol. The van der Waals surface area contributed by atoms with Crippen LogP contribution in [-0.2, 0) is 17.8 Å². The molecule has 3 aromatic carbocycles. The number of hydrogen-bond donors (Lipinski definition) is 0. The first-order valence-electron chi connectivity index (χ1n) is 11.1. The molecule has 1 amide bonds. The van der Waals surface area contributed by atoms with E-state index in [1.54, 1.807) is 22.8 Å². The molecule has 0 saturated carbocycles. The van der Waals surface area contributed by atoms with Gasteiger partial charge in [0.2, 0.25) is 5.91 Å². The lowest BCUT2D eigenvalue weighted by Crippen LogP contribution is -2.33. The van der Waals surface area contributed by atoms with Gasteiger partial charge in [-0.25, -0.2) is 4.98 Å². The van der Waals surface area contributed by atoms with Crippen LogP contribution in [0.25, 0.3) is 10.9 Å². The van der Waals surface area contributed by atoms with Crippen LogP contribution in [0.5, 0.6) is 0 Å². The average molecular weight is 469 g/mol. The van der Waals surface area contributed by atoms with Crippen LogP contribution in [0.1, 0.15) is 12.0 Å². The van der Waals surface area contributed by atoms with Gasteiger partial charge in [-0.2, -0.15) is 5.26 Å². The zero-order chi connectivity index (χ0) is 23.8. The van der Waals surface area contributed by atoms with Gasteiger partial charge in [-0.05, 0) is 42.7 Å². The van der Waals surface area contributed by atoms with Crippen molar-refractivity contribution in [2.24, 2.45) is 0 Å². The van der Waals surface area contributed by atoms with E-state index in [4.69, 9.17) is 4.98 Å². The predicted octanol–water partition coefficient (Wildman–Crippen LogP) is 4.68. The Bertz CT molecular complexity index is 1360. The predicted molar refractivity (Wildman–Crippen MR) is 136 cm³/mol. The van der Waals surface area contributed by atoms with E-state index in [9.17, 15) is 14.9 Å². The summed E-state index contributed by atoms with van der Waals surface area (Å²) in [6, 6.07) is 28.6. The molecule has 6 nitrogen and oxygen atoms in total. The minimum absolute atomic E-state index is 0.0432. The summed E-state index contributed by atoms with van der Waals surface area (Å²) in [5.41, 5.74) is 2.38. The second-order valence-electron chi connectivity index (χ2n) is 7.72. The highest BCUT2D eigenvalue weighted by atomic mass is 32.2. The van der Waals surface area contributed by atoms with Gasteiger partial charge in [0.05, 0.1) is 22.7 Å². The van der Waals surface area contributed by atoms with E-state index in [0.29, 0.717) is 28.3 Å². The van der Waals surface area contributed by atoms with Gasteiger partial charge in [-0.3, -0.25) is 19.1 Å². The van der Waals surface area contributed by atoms with Gasteiger partial charge in [0.1, 0.15) is 6.54 Å². The van der Waals surface area contributed by atoms with Crippen LogP contribution in [-0.4, -0.2) is 27.8 Å². The number of thioether (sulfide) groups is 1. The molecular formula is C27H24N4O2S. The van der Waals surface area contributed by atoms with Crippen LogP contribution >= 0.6 is 11.8 Å². The minimum Gasteiger partial charge on any atom is -0.298 e. The van der Waals surface area contributed by atoms with Gasteiger partial charge in [-0.15, -0.1) is 0 Å². The molecule has 0 atom stereocenters. The number of aryl methyl sites for hydroxylation is 1. The summed E-state index contributed by atoms with van der Waals surface area (Å²) in [6.45, 7) is 0.459. The normalized spacial score (nSPS) is 10.7. The highest BCUT2D eigenvalue weighted by Crippen LogP contribution is 2.21. The minimum atomic E-state index is -0.212. The SMILES string of the molecule is N#CCN(C(=O)CSc1nc2ccccc2c(=O)n1CCCc1ccccc1)c1ccccc1. The van der Waals surface area contributed by atoms with Gasteiger partial charge in [0.15, 0.2) is 5.16 Å². The van der Waals surface area contributed by atoms with Crippen LogP contribution in [0.4, 0.5) is 5.69 Å². The van der Waals surface area contributed by atoms with E-state index in [2.05, 4.69) is 18.2 Å². The highest BCUT2D eigenvalue weighted by molar-refractivity contribution is 7.99. The van der Waals surface area contributed by atoms with Crippen molar-refractivity contribution in [2.75, 3.05) is 17.2 Å². The van der Waals surface area contributed by atoms with E-state index in [-0.39, 0.29) is 23.8 Å². The van der Waals surface area contributed by atoms with Gasteiger partial charge < -0.3 is 0 Å².